The minimum atomic E-state index is -0.577. The summed E-state index contributed by atoms with van der Waals surface area (Å²) in [5.74, 6) is -0.853. The summed E-state index contributed by atoms with van der Waals surface area (Å²) in [4.78, 5) is 14.8. The molecular weight excluding hydrogens is 298 g/mol. The highest BCUT2D eigenvalue weighted by atomic mass is 19.1. The molecule has 1 aromatic carbocycles. The van der Waals surface area contributed by atoms with Gasteiger partial charge in [-0.1, -0.05) is 6.07 Å². The Morgan fingerprint density at radius 2 is 2.00 bits per heavy atom. The molecule has 1 aliphatic heterocycles. The molecular formula is C18H22F2N2O. The molecule has 1 spiro atoms. The van der Waals surface area contributed by atoms with Crippen molar-refractivity contribution in [2.75, 3.05) is 13.1 Å². The van der Waals surface area contributed by atoms with Gasteiger partial charge in [-0.05, 0) is 56.7 Å². The maximum atomic E-state index is 13.9. The smallest absolute Gasteiger partial charge is 0.226 e. The highest BCUT2D eigenvalue weighted by Gasteiger charge is 2.59. The molecule has 5 heteroatoms. The SMILES string of the molecule is O=C(C1CC12CCNCC2)N(Cc1ccc(F)cc1F)C1CC1. The van der Waals surface area contributed by atoms with Crippen LogP contribution in [0.15, 0.2) is 18.2 Å². The average Bonchev–Trinajstić information content (AvgIpc) is 3.44. The lowest BCUT2D eigenvalue weighted by Gasteiger charge is -2.27. The molecule has 0 aromatic heterocycles. The van der Waals surface area contributed by atoms with Crippen LogP contribution in [0.2, 0.25) is 0 Å². The zero-order chi connectivity index (χ0) is 16.0. The van der Waals surface area contributed by atoms with Crippen LogP contribution in [0, 0.1) is 23.0 Å². The third kappa shape index (κ3) is 2.87. The van der Waals surface area contributed by atoms with Gasteiger partial charge < -0.3 is 10.2 Å². The van der Waals surface area contributed by atoms with E-state index in [2.05, 4.69) is 5.32 Å². The van der Waals surface area contributed by atoms with Gasteiger partial charge in [0.2, 0.25) is 5.91 Å². The maximum Gasteiger partial charge on any atom is 0.226 e. The van der Waals surface area contributed by atoms with Crippen LogP contribution in [-0.4, -0.2) is 29.9 Å². The van der Waals surface area contributed by atoms with E-state index in [1.165, 1.54) is 12.1 Å². The van der Waals surface area contributed by atoms with E-state index in [0.29, 0.717) is 5.56 Å². The van der Waals surface area contributed by atoms with Crippen LogP contribution in [0.1, 0.15) is 37.7 Å². The van der Waals surface area contributed by atoms with Crippen molar-refractivity contribution in [3.05, 3.63) is 35.4 Å². The topological polar surface area (TPSA) is 32.3 Å². The standard InChI is InChI=1S/C18H22F2N2O/c19-13-2-1-12(16(20)9-13)11-22(14-3-4-14)17(23)15-10-18(15)5-7-21-8-6-18/h1-2,9,14-15,21H,3-8,10-11H2. The van der Waals surface area contributed by atoms with Crippen molar-refractivity contribution in [1.82, 2.24) is 10.2 Å². The second kappa shape index (κ2) is 5.55. The van der Waals surface area contributed by atoms with E-state index in [-0.39, 0.29) is 29.8 Å². The number of nitrogens with one attached hydrogen (secondary N) is 1. The second-order valence-electron chi connectivity index (χ2n) is 7.30. The molecule has 3 aliphatic rings. The van der Waals surface area contributed by atoms with E-state index >= 15 is 0 Å². The first kappa shape index (κ1) is 15.1. The number of nitrogens with zero attached hydrogens (tertiary/aromatic N) is 1. The third-order valence-electron chi connectivity index (χ3n) is 5.71. The zero-order valence-electron chi connectivity index (χ0n) is 13.2. The molecule has 1 unspecified atom stereocenters. The number of carbonyl (C=O) groups excluding carboxylic acids is 1. The number of benzene rings is 1. The molecule has 1 heterocycles. The molecule has 124 valence electrons. The summed E-state index contributed by atoms with van der Waals surface area (Å²) in [6.45, 7) is 2.24. The monoisotopic (exact) mass is 320 g/mol. The minimum Gasteiger partial charge on any atom is -0.335 e. The summed E-state index contributed by atoms with van der Waals surface area (Å²) in [6.07, 6.45) is 5.09. The van der Waals surface area contributed by atoms with Gasteiger partial charge in [-0.2, -0.15) is 0 Å². The molecule has 1 N–H and O–H groups in total. The quantitative estimate of drug-likeness (QED) is 0.925. The summed E-state index contributed by atoms with van der Waals surface area (Å²) in [6, 6.07) is 3.86. The van der Waals surface area contributed by atoms with Crippen molar-refractivity contribution in [1.29, 1.82) is 0 Å². The van der Waals surface area contributed by atoms with Crippen LogP contribution in [0.3, 0.4) is 0 Å². The maximum absolute atomic E-state index is 13.9. The number of rotatable bonds is 4. The van der Waals surface area contributed by atoms with Gasteiger partial charge in [0.1, 0.15) is 11.6 Å². The normalized spacial score (nSPS) is 25.4. The Labute approximate surface area is 135 Å². The fourth-order valence-electron chi connectivity index (χ4n) is 3.98. The Kier molecular flexibility index (Phi) is 3.63. The molecule has 3 nitrogen and oxygen atoms in total. The number of hydrogen-bond acceptors (Lipinski definition) is 2. The minimum absolute atomic E-state index is 0.105. The Balaban J connectivity index is 1.49. The molecule has 23 heavy (non-hydrogen) atoms. The van der Waals surface area contributed by atoms with Gasteiger partial charge in [-0.3, -0.25) is 4.79 Å². The van der Waals surface area contributed by atoms with Gasteiger partial charge >= 0.3 is 0 Å². The van der Waals surface area contributed by atoms with Crippen LogP contribution in [0.25, 0.3) is 0 Å². The van der Waals surface area contributed by atoms with Crippen molar-refractivity contribution in [2.45, 2.75) is 44.7 Å². The van der Waals surface area contributed by atoms with Gasteiger partial charge in [-0.15, -0.1) is 0 Å². The predicted molar refractivity (Wildman–Crippen MR) is 82.6 cm³/mol. The lowest BCUT2D eigenvalue weighted by molar-refractivity contribution is -0.134. The summed E-state index contributed by atoms with van der Waals surface area (Å²) in [7, 11) is 0. The zero-order valence-corrected chi connectivity index (χ0v) is 13.2. The first-order valence-electron chi connectivity index (χ1n) is 8.54. The highest BCUT2D eigenvalue weighted by molar-refractivity contribution is 5.83. The Morgan fingerprint density at radius 3 is 2.65 bits per heavy atom. The summed E-state index contributed by atoms with van der Waals surface area (Å²) in [5, 5.41) is 3.35. The third-order valence-corrected chi connectivity index (χ3v) is 5.71. The van der Waals surface area contributed by atoms with Crippen LogP contribution >= 0.6 is 0 Å². The van der Waals surface area contributed by atoms with E-state index in [1.54, 1.807) is 0 Å². The van der Waals surface area contributed by atoms with Crippen molar-refractivity contribution in [2.24, 2.45) is 11.3 Å². The van der Waals surface area contributed by atoms with Crippen LogP contribution in [0.5, 0.6) is 0 Å². The van der Waals surface area contributed by atoms with E-state index in [1.807, 2.05) is 4.90 Å². The molecule has 4 rings (SSSR count). The van der Waals surface area contributed by atoms with Crippen molar-refractivity contribution in [3.8, 4) is 0 Å². The van der Waals surface area contributed by atoms with Crippen LogP contribution in [0.4, 0.5) is 8.78 Å². The van der Waals surface area contributed by atoms with E-state index in [0.717, 1.165) is 51.3 Å². The molecule has 0 radical (unpaired) electrons. The number of carbonyl (C=O) groups is 1. The predicted octanol–water partition coefficient (Wildman–Crippen LogP) is 2.85. The Morgan fingerprint density at radius 1 is 1.26 bits per heavy atom. The molecule has 1 aromatic rings. The van der Waals surface area contributed by atoms with Gasteiger partial charge in [0.25, 0.3) is 0 Å². The molecule has 1 saturated heterocycles. The number of hydrogen-bond donors (Lipinski definition) is 1. The molecule has 1 atom stereocenters. The lowest BCUT2D eigenvalue weighted by Crippen LogP contribution is -2.37. The first-order chi connectivity index (χ1) is 11.1. The second-order valence-corrected chi connectivity index (χ2v) is 7.30. The summed E-state index contributed by atoms with van der Waals surface area (Å²) >= 11 is 0. The Bertz CT molecular complexity index is 623. The van der Waals surface area contributed by atoms with Crippen molar-refractivity contribution >= 4 is 5.91 Å². The number of piperidine rings is 1. The fraction of sp³-hybridized carbons (Fsp3) is 0.611. The molecule has 2 aliphatic carbocycles. The Hall–Kier alpha value is -1.49. The number of halogens is 2. The van der Waals surface area contributed by atoms with E-state index in [4.69, 9.17) is 0 Å². The number of amides is 1. The fourth-order valence-corrected chi connectivity index (χ4v) is 3.98. The van der Waals surface area contributed by atoms with Gasteiger partial charge in [-0.25, -0.2) is 8.78 Å². The van der Waals surface area contributed by atoms with E-state index in [9.17, 15) is 13.6 Å². The van der Waals surface area contributed by atoms with Gasteiger partial charge in [0, 0.05) is 30.1 Å². The summed E-state index contributed by atoms with van der Waals surface area (Å²) < 4.78 is 27.0. The van der Waals surface area contributed by atoms with Gasteiger partial charge in [0.15, 0.2) is 0 Å². The largest absolute Gasteiger partial charge is 0.335 e. The van der Waals surface area contributed by atoms with Crippen LogP contribution < -0.4 is 5.32 Å². The lowest BCUT2D eigenvalue weighted by atomic mass is 9.91. The van der Waals surface area contributed by atoms with Crippen molar-refractivity contribution in [3.63, 3.8) is 0 Å². The average molecular weight is 320 g/mol. The van der Waals surface area contributed by atoms with Gasteiger partial charge in [0.05, 0.1) is 0 Å². The molecule has 1 amide bonds. The first-order valence-corrected chi connectivity index (χ1v) is 8.54. The van der Waals surface area contributed by atoms with Crippen molar-refractivity contribution < 1.29 is 13.6 Å². The molecule has 0 bridgehead atoms. The van der Waals surface area contributed by atoms with Crippen LogP contribution in [-0.2, 0) is 11.3 Å². The molecule has 2 saturated carbocycles. The van der Waals surface area contributed by atoms with E-state index < -0.39 is 11.6 Å². The summed E-state index contributed by atoms with van der Waals surface area (Å²) in [5.41, 5.74) is 0.600. The highest BCUT2D eigenvalue weighted by Crippen LogP contribution is 2.59. The molecule has 3 fully saturated rings.